The summed E-state index contributed by atoms with van der Waals surface area (Å²) in [6.07, 6.45) is 0.769. The molecule has 2 heterocycles. The van der Waals surface area contributed by atoms with Crippen LogP contribution in [0.25, 0.3) is 0 Å². The Balaban J connectivity index is 1.48. The minimum absolute atomic E-state index is 0.0949. The van der Waals surface area contributed by atoms with Crippen LogP contribution in [0, 0.1) is 0 Å². The van der Waals surface area contributed by atoms with Crippen molar-refractivity contribution >= 4 is 24.3 Å². The van der Waals surface area contributed by atoms with Gasteiger partial charge in [-0.05, 0) is 50.9 Å². The summed E-state index contributed by atoms with van der Waals surface area (Å²) in [4.78, 5) is 18.5. The fourth-order valence-corrected chi connectivity index (χ4v) is 3.57. The van der Waals surface area contributed by atoms with Gasteiger partial charge >= 0.3 is 13.1 Å². The van der Waals surface area contributed by atoms with Gasteiger partial charge in [-0.3, -0.25) is 4.84 Å². The summed E-state index contributed by atoms with van der Waals surface area (Å²) in [5, 5.41) is 4.37. The number of hydroxylamine groups is 2. The van der Waals surface area contributed by atoms with Gasteiger partial charge in [0.1, 0.15) is 0 Å². The number of hydrogen-bond donors (Lipinski definition) is 1. The van der Waals surface area contributed by atoms with Crippen molar-refractivity contribution in [2.24, 2.45) is 0 Å². The van der Waals surface area contributed by atoms with Gasteiger partial charge in [0.2, 0.25) is 0 Å². The van der Waals surface area contributed by atoms with Crippen LogP contribution in [-0.2, 0) is 14.1 Å². The third-order valence-electron chi connectivity index (χ3n) is 5.95. The smallest absolute Gasteiger partial charge is 0.399 e. The number of nitrogens with zero attached hydrogens (tertiary/aromatic N) is 1. The predicted octanol–water partition coefficient (Wildman–Crippen LogP) is 3.90. The zero-order chi connectivity index (χ0) is 20.6. The maximum atomic E-state index is 12.9. The lowest BCUT2D eigenvalue weighted by Crippen LogP contribution is -2.41. The maximum absolute atomic E-state index is 12.9. The van der Waals surface area contributed by atoms with Gasteiger partial charge in [0.15, 0.2) is 0 Å². The number of carbonyl (C=O) groups is 1. The SMILES string of the molecule is CC1(C)OB(c2cccc(NC(=O)N3OCC[C@H]3c3ccccc3)c2)OC1(C)C. The van der Waals surface area contributed by atoms with E-state index in [0.29, 0.717) is 12.3 Å². The number of anilines is 1. The van der Waals surface area contributed by atoms with Crippen LogP contribution in [0.4, 0.5) is 10.5 Å². The average molecular weight is 394 g/mol. The van der Waals surface area contributed by atoms with Gasteiger partial charge in [-0.25, -0.2) is 4.79 Å². The third-order valence-corrected chi connectivity index (χ3v) is 5.95. The Morgan fingerprint density at radius 3 is 2.41 bits per heavy atom. The molecule has 2 aliphatic heterocycles. The fraction of sp³-hybridized carbons (Fsp3) is 0.409. The number of nitrogens with one attached hydrogen (secondary N) is 1. The van der Waals surface area contributed by atoms with Crippen molar-refractivity contribution in [1.82, 2.24) is 5.06 Å². The minimum atomic E-state index is -0.475. The van der Waals surface area contributed by atoms with Crippen LogP contribution in [0.15, 0.2) is 54.6 Å². The molecule has 1 atom stereocenters. The predicted molar refractivity (Wildman–Crippen MR) is 113 cm³/mol. The lowest BCUT2D eigenvalue weighted by Gasteiger charge is -2.32. The quantitative estimate of drug-likeness (QED) is 0.803. The second-order valence-electron chi connectivity index (χ2n) is 8.52. The summed E-state index contributed by atoms with van der Waals surface area (Å²) in [5.41, 5.74) is 1.77. The third kappa shape index (κ3) is 3.90. The second kappa shape index (κ2) is 7.48. The van der Waals surface area contributed by atoms with Gasteiger partial charge in [0.05, 0.1) is 23.9 Å². The van der Waals surface area contributed by atoms with Gasteiger partial charge in [0, 0.05) is 12.1 Å². The highest BCUT2D eigenvalue weighted by molar-refractivity contribution is 6.62. The highest BCUT2D eigenvalue weighted by Crippen LogP contribution is 2.36. The summed E-state index contributed by atoms with van der Waals surface area (Å²) >= 11 is 0. The van der Waals surface area contributed by atoms with Crippen LogP contribution < -0.4 is 10.8 Å². The molecule has 6 nitrogen and oxygen atoms in total. The average Bonchev–Trinajstić information content (AvgIpc) is 3.25. The Morgan fingerprint density at radius 2 is 1.72 bits per heavy atom. The standard InChI is InChI=1S/C22H27BN2O4/c1-21(2)22(3,4)29-23(28-21)17-11-8-12-18(15-17)24-20(26)25-19(13-14-27-25)16-9-6-5-7-10-16/h5-12,15,19H,13-14H2,1-4H3,(H,24,26)/t19-/m0/s1. The number of benzene rings is 2. The maximum Gasteiger partial charge on any atom is 0.494 e. The molecule has 0 radical (unpaired) electrons. The van der Waals surface area contributed by atoms with Crippen molar-refractivity contribution in [3.05, 3.63) is 60.2 Å². The Morgan fingerprint density at radius 1 is 1.03 bits per heavy atom. The zero-order valence-electron chi connectivity index (χ0n) is 17.3. The minimum Gasteiger partial charge on any atom is -0.399 e. The lowest BCUT2D eigenvalue weighted by atomic mass is 9.79. The first kappa shape index (κ1) is 19.9. The van der Waals surface area contributed by atoms with Gasteiger partial charge in [-0.2, -0.15) is 5.06 Å². The Labute approximate surface area is 172 Å². The molecule has 0 spiro atoms. The normalized spacial score (nSPS) is 22.7. The lowest BCUT2D eigenvalue weighted by molar-refractivity contribution is -0.0829. The Bertz CT molecular complexity index is 871. The molecule has 2 aromatic carbocycles. The fourth-order valence-electron chi connectivity index (χ4n) is 3.57. The molecule has 7 heteroatoms. The van der Waals surface area contributed by atoms with Crippen LogP contribution in [0.2, 0.25) is 0 Å². The van der Waals surface area contributed by atoms with Crippen LogP contribution in [0.1, 0.15) is 45.7 Å². The van der Waals surface area contributed by atoms with E-state index in [0.717, 1.165) is 17.4 Å². The van der Waals surface area contributed by atoms with E-state index in [2.05, 4.69) is 5.32 Å². The summed E-state index contributed by atoms with van der Waals surface area (Å²) in [7, 11) is -0.475. The molecule has 2 aliphatic rings. The van der Waals surface area contributed by atoms with Gasteiger partial charge in [0.25, 0.3) is 0 Å². The molecule has 0 aromatic heterocycles. The molecule has 29 heavy (non-hydrogen) atoms. The molecule has 4 rings (SSSR count). The molecule has 0 aliphatic carbocycles. The number of rotatable bonds is 3. The van der Waals surface area contributed by atoms with Crippen molar-refractivity contribution in [1.29, 1.82) is 0 Å². The second-order valence-corrected chi connectivity index (χ2v) is 8.52. The Kier molecular flexibility index (Phi) is 5.15. The Hall–Kier alpha value is -2.35. The zero-order valence-corrected chi connectivity index (χ0v) is 17.3. The van der Waals surface area contributed by atoms with E-state index in [1.54, 1.807) is 0 Å². The summed E-state index contributed by atoms with van der Waals surface area (Å²) in [6.45, 7) is 8.60. The first-order valence-electron chi connectivity index (χ1n) is 10.0. The molecule has 2 aromatic rings. The molecule has 2 saturated heterocycles. The topological polar surface area (TPSA) is 60.0 Å². The largest absolute Gasteiger partial charge is 0.494 e. The van der Waals surface area contributed by atoms with Crippen molar-refractivity contribution in [2.75, 3.05) is 11.9 Å². The van der Waals surface area contributed by atoms with Gasteiger partial charge in [-0.15, -0.1) is 0 Å². The van der Waals surface area contributed by atoms with E-state index < -0.39 is 18.3 Å². The summed E-state index contributed by atoms with van der Waals surface area (Å²) in [5.74, 6) is 0. The number of hydrogen-bond acceptors (Lipinski definition) is 4. The highest BCUT2D eigenvalue weighted by atomic mass is 16.7. The summed E-state index contributed by atoms with van der Waals surface area (Å²) < 4.78 is 12.2. The van der Waals surface area contributed by atoms with Crippen LogP contribution >= 0.6 is 0 Å². The molecule has 0 bridgehead atoms. The van der Waals surface area contributed by atoms with Crippen molar-refractivity contribution < 1.29 is 18.9 Å². The van der Waals surface area contributed by atoms with Crippen LogP contribution in [0.5, 0.6) is 0 Å². The highest BCUT2D eigenvalue weighted by Gasteiger charge is 2.51. The van der Waals surface area contributed by atoms with Gasteiger partial charge in [-0.1, -0.05) is 42.5 Å². The first-order chi connectivity index (χ1) is 13.8. The molecular formula is C22H27BN2O4. The molecule has 152 valence electrons. The number of amides is 2. The molecule has 2 amide bonds. The number of carbonyl (C=O) groups excluding carboxylic acids is 1. The van der Waals surface area contributed by atoms with E-state index in [9.17, 15) is 4.79 Å². The summed E-state index contributed by atoms with van der Waals surface area (Å²) in [6, 6.07) is 17.1. The van der Waals surface area contributed by atoms with E-state index >= 15 is 0 Å². The van der Waals surface area contributed by atoms with Gasteiger partial charge < -0.3 is 14.6 Å². The van der Waals surface area contributed by atoms with E-state index in [1.807, 2.05) is 82.3 Å². The first-order valence-corrected chi connectivity index (χ1v) is 10.0. The number of urea groups is 1. The molecule has 2 fully saturated rings. The molecule has 0 saturated carbocycles. The molecule has 1 N–H and O–H groups in total. The monoisotopic (exact) mass is 394 g/mol. The molecular weight excluding hydrogens is 367 g/mol. The van der Waals surface area contributed by atoms with Crippen molar-refractivity contribution in [3.8, 4) is 0 Å². The van der Waals surface area contributed by atoms with Crippen LogP contribution in [0.3, 0.4) is 0 Å². The van der Waals surface area contributed by atoms with E-state index in [4.69, 9.17) is 14.1 Å². The van der Waals surface area contributed by atoms with Crippen LogP contribution in [-0.4, -0.2) is 36.0 Å². The van der Waals surface area contributed by atoms with Crippen molar-refractivity contribution in [2.45, 2.75) is 51.4 Å². The van der Waals surface area contributed by atoms with E-state index in [-0.39, 0.29) is 12.1 Å². The van der Waals surface area contributed by atoms with Crippen molar-refractivity contribution in [3.63, 3.8) is 0 Å². The molecule has 0 unspecified atom stereocenters. The van der Waals surface area contributed by atoms with E-state index in [1.165, 1.54) is 5.06 Å².